The van der Waals surface area contributed by atoms with Gasteiger partial charge in [0.05, 0.1) is 5.69 Å². The van der Waals surface area contributed by atoms with Gasteiger partial charge in [0.25, 0.3) is 5.91 Å². The van der Waals surface area contributed by atoms with E-state index in [0.717, 1.165) is 5.69 Å². The first-order valence-corrected chi connectivity index (χ1v) is 6.11. The zero-order chi connectivity index (χ0) is 13.8. The van der Waals surface area contributed by atoms with E-state index in [0.29, 0.717) is 17.8 Å². The van der Waals surface area contributed by atoms with Gasteiger partial charge in [-0.2, -0.15) is 0 Å². The molecule has 4 nitrogen and oxygen atoms in total. The fourth-order valence-corrected chi connectivity index (χ4v) is 1.80. The summed E-state index contributed by atoms with van der Waals surface area (Å²) < 4.78 is 0. The minimum atomic E-state index is -0.0686. The first-order chi connectivity index (χ1) is 9.11. The Morgan fingerprint density at radius 2 is 1.95 bits per heavy atom. The number of nitrogens with zero attached hydrogens (tertiary/aromatic N) is 2. The number of hydrogen-bond acceptors (Lipinski definition) is 3. The van der Waals surface area contributed by atoms with Gasteiger partial charge in [-0.3, -0.25) is 9.78 Å². The number of rotatable bonds is 3. The highest BCUT2D eigenvalue weighted by atomic mass is 16.2. The second-order valence-electron chi connectivity index (χ2n) is 4.44. The summed E-state index contributed by atoms with van der Waals surface area (Å²) in [5.41, 5.74) is 8.87. The van der Waals surface area contributed by atoms with Gasteiger partial charge < -0.3 is 10.6 Å². The van der Waals surface area contributed by atoms with Crippen LogP contribution in [0.1, 0.15) is 21.6 Å². The van der Waals surface area contributed by atoms with E-state index in [1.807, 2.05) is 31.2 Å². The predicted molar refractivity (Wildman–Crippen MR) is 76.0 cm³/mol. The molecule has 0 saturated heterocycles. The van der Waals surface area contributed by atoms with E-state index in [4.69, 9.17) is 5.73 Å². The maximum absolute atomic E-state index is 12.4. The lowest BCUT2D eigenvalue weighted by Crippen LogP contribution is -2.26. The van der Waals surface area contributed by atoms with Gasteiger partial charge >= 0.3 is 0 Å². The molecular weight excluding hydrogens is 238 g/mol. The third-order valence-corrected chi connectivity index (χ3v) is 3.00. The number of amides is 1. The molecule has 4 heteroatoms. The standard InChI is InChI=1S/C15H17N3O/c1-11-3-5-14(6-4-11)18(2)15(19)12-7-8-17-13(9-12)10-16/h3-9H,10,16H2,1-2H3. The number of nitrogens with two attached hydrogens (primary N) is 1. The van der Waals surface area contributed by atoms with Crippen molar-refractivity contribution in [1.82, 2.24) is 4.98 Å². The van der Waals surface area contributed by atoms with Crippen molar-refractivity contribution in [3.05, 3.63) is 59.4 Å². The van der Waals surface area contributed by atoms with Crippen LogP contribution in [-0.2, 0) is 6.54 Å². The van der Waals surface area contributed by atoms with Crippen LogP contribution in [0.25, 0.3) is 0 Å². The van der Waals surface area contributed by atoms with Crippen molar-refractivity contribution in [2.45, 2.75) is 13.5 Å². The van der Waals surface area contributed by atoms with Gasteiger partial charge in [0.2, 0.25) is 0 Å². The second-order valence-corrected chi connectivity index (χ2v) is 4.44. The summed E-state index contributed by atoms with van der Waals surface area (Å²) in [7, 11) is 1.76. The lowest BCUT2D eigenvalue weighted by atomic mass is 10.1. The minimum absolute atomic E-state index is 0.0686. The average molecular weight is 255 g/mol. The Bertz CT molecular complexity index is 578. The van der Waals surface area contributed by atoms with E-state index >= 15 is 0 Å². The number of carbonyl (C=O) groups is 1. The molecule has 2 rings (SSSR count). The van der Waals surface area contributed by atoms with Gasteiger partial charge in [-0.1, -0.05) is 17.7 Å². The zero-order valence-electron chi connectivity index (χ0n) is 11.1. The van der Waals surface area contributed by atoms with Gasteiger partial charge in [-0.15, -0.1) is 0 Å². The molecule has 0 fully saturated rings. The molecule has 0 spiro atoms. The smallest absolute Gasteiger partial charge is 0.258 e. The van der Waals surface area contributed by atoms with Gasteiger partial charge in [-0.05, 0) is 31.2 Å². The SMILES string of the molecule is Cc1ccc(N(C)C(=O)c2ccnc(CN)c2)cc1. The normalized spacial score (nSPS) is 10.3. The van der Waals surface area contributed by atoms with Crippen molar-refractivity contribution >= 4 is 11.6 Å². The highest BCUT2D eigenvalue weighted by Gasteiger charge is 2.13. The van der Waals surface area contributed by atoms with Crippen LogP contribution < -0.4 is 10.6 Å². The Morgan fingerprint density at radius 3 is 2.58 bits per heavy atom. The molecule has 0 atom stereocenters. The molecule has 0 unspecified atom stereocenters. The number of anilines is 1. The zero-order valence-corrected chi connectivity index (χ0v) is 11.1. The minimum Gasteiger partial charge on any atom is -0.325 e. The number of aryl methyl sites for hydroxylation is 1. The third-order valence-electron chi connectivity index (χ3n) is 3.00. The fraction of sp³-hybridized carbons (Fsp3) is 0.200. The van der Waals surface area contributed by atoms with E-state index in [1.165, 1.54) is 5.56 Å². The van der Waals surface area contributed by atoms with Gasteiger partial charge in [0.15, 0.2) is 0 Å². The molecule has 0 aliphatic heterocycles. The van der Waals surface area contributed by atoms with Gasteiger partial charge in [0, 0.05) is 31.0 Å². The molecule has 2 aromatic rings. The van der Waals surface area contributed by atoms with E-state index in [-0.39, 0.29) is 5.91 Å². The summed E-state index contributed by atoms with van der Waals surface area (Å²) in [6, 6.07) is 11.3. The Morgan fingerprint density at radius 1 is 1.26 bits per heavy atom. The number of aromatic nitrogens is 1. The molecule has 1 aromatic heterocycles. The van der Waals surface area contributed by atoms with Crippen molar-refractivity contribution in [3.8, 4) is 0 Å². The molecule has 0 saturated carbocycles. The Labute approximate surface area is 112 Å². The molecular formula is C15H17N3O. The van der Waals surface area contributed by atoms with Crippen molar-refractivity contribution in [1.29, 1.82) is 0 Å². The van der Waals surface area contributed by atoms with Crippen LogP contribution in [0, 0.1) is 6.92 Å². The largest absolute Gasteiger partial charge is 0.325 e. The first-order valence-electron chi connectivity index (χ1n) is 6.11. The molecule has 19 heavy (non-hydrogen) atoms. The maximum atomic E-state index is 12.4. The molecule has 2 N–H and O–H groups in total. The third kappa shape index (κ3) is 2.98. The van der Waals surface area contributed by atoms with Gasteiger partial charge in [0.1, 0.15) is 0 Å². The lowest BCUT2D eigenvalue weighted by molar-refractivity contribution is 0.0993. The van der Waals surface area contributed by atoms with E-state index in [1.54, 1.807) is 30.3 Å². The second kappa shape index (κ2) is 5.63. The first kappa shape index (κ1) is 13.2. The van der Waals surface area contributed by atoms with Crippen LogP contribution >= 0.6 is 0 Å². The summed E-state index contributed by atoms with van der Waals surface area (Å²) in [6.07, 6.45) is 1.61. The van der Waals surface area contributed by atoms with E-state index in [2.05, 4.69) is 4.98 Å². The summed E-state index contributed by atoms with van der Waals surface area (Å²) >= 11 is 0. The summed E-state index contributed by atoms with van der Waals surface area (Å²) in [6.45, 7) is 2.34. The monoisotopic (exact) mass is 255 g/mol. The summed E-state index contributed by atoms with van der Waals surface area (Å²) in [5, 5.41) is 0. The molecule has 0 aliphatic rings. The topological polar surface area (TPSA) is 59.2 Å². The number of pyridine rings is 1. The van der Waals surface area contributed by atoms with Crippen LogP contribution in [0.3, 0.4) is 0 Å². The van der Waals surface area contributed by atoms with Crippen LogP contribution in [0.15, 0.2) is 42.6 Å². The summed E-state index contributed by atoms with van der Waals surface area (Å²) in [4.78, 5) is 18.1. The quantitative estimate of drug-likeness (QED) is 0.914. The van der Waals surface area contributed by atoms with Crippen LogP contribution in [-0.4, -0.2) is 17.9 Å². The molecule has 1 aromatic carbocycles. The predicted octanol–water partition coefficient (Wildman–Crippen LogP) is 2.13. The van der Waals surface area contributed by atoms with Crippen LogP contribution in [0.5, 0.6) is 0 Å². The van der Waals surface area contributed by atoms with Crippen molar-refractivity contribution < 1.29 is 4.79 Å². The Hall–Kier alpha value is -2.20. The summed E-state index contributed by atoms with van der Waals surface area (Å²) in [5.74, 6) is -0.0686. The Kier molecular flexibility index (Phi) is 3.92. The molecule has 0 radical (unpaired) electrons. The number of carbonyl (C=O) groups excluding carboxylic acids is 1. The van der Waals surface area contributed by atoms with Crippen molar-refractivity contribution in [3.63, 3.8) is 0 Å². The lowest BCUT2D eigenvalue weighted by Gasteiger charge is -2.17. The molecule has 0 bridgehead atoms. The molecule has 0 aliphatic carbocycles. The number of hydrogen-bond donors (Lipinski definition) is 1. The highest BCUT2D eigenvalue weighted by Crippen LogP contribution is 2.16. The average Bonchev–Trinajstić information content (AvgIpc) is 2.46. The van der Waals surface area contributed by atoms with Crippen molar-refractivity contribution in [2.75, 3.05) is 11.9 Å². The number of benzene rings is 1. The highest BCUT2D eigenvalue weighted by molar-refractivity contribution is 6.05. The molecule has 1 amide bonds. The van der Waals surface area contributed by atoms with E-state index in [9.17, 15) is 4.79 Å². The van der Waals surface area contributed by atoms with Crippen LogP contribution in [0.2, 0.25) is 0 Å². The Balaban J connectivity index is 2.25. The van der Waals surface area contributed by atoms with Crippen LogP contribution in [0.4, 0.5) is 5.69 Å². The fourth-order valence-electron chi connectivity index (χ4n) is 1.80. The molecule has 1 heterocycles. The van der Waals surface area contributed by atoms with E-state index < -0.39 is 0 Å². The van der Waals surface area contributed by atoms with Crippen molar-refractivity contribution in [2.24, 2.45) is 5.73 Å². The van der Waals surface area contributed by atoms with Gasteiger partial charge in [-0.25, -0.2) is 0 Å². The maximum Gasteiger partial charge on any atom is 0.258 e. The molecule has 98 valence electrons.